The van der Waals surface area contributed by atoms with Gasteiger partial charge in [0, 0.05) is 31.6 Å². The average molecular weight is 383 g/mol. The van der Waals surface area contributed by atoms with E-state index in [-0.39, 0.29) is 29.8 Å². The van der Waals surface area contributed by atoms with Crippen molar-refractivity contribution in [2.75, 3.05) is 26.2 Å². The Kier molecular flexibility index (Phi) is 4.71. The summed E-state index contributed by atoms with van der Waals surface area (Å²) < 4.78 is 0. The zero-order chi connectivity index (χ0) is 19.9. The number of aromatic nitrogens is 1. The van der Waals surface area contributed by atoms with Crippen LogP contribution in [0.3, 0.4) is 0 Å². The van der Waals surface area contributed by atoms with E-state index in [4.69, 9.17) is 0 Å². The molecule has 0 spiro atoms. The summed E-state index contributed by atoms with van der Waals surface area (Å²) in [5.74, 6) is -0.378. The van der Waals surface area contributed by atoms with Gasteiger partial charge in [-0.05, 0) is 56.9 Å². The monoisotopic (exact) mass is 383 g/mol. The van der Waals surface area contributed by atoms with Crippen LogP contribution in [0.4, 0.5) is 0 Å². The Bertz CT molecular complexity index is 935. The number of benzene rings is 1. The summed E-state index contributed by atoms with van der Waals surface area (Å²) in [5.41, 5.74) is 0.174. The maximum Gasteiger partial charge on any atom is 0.272 e. The van der Waals surface area contributed by atoms with E-state index >= 15 is 0 Å². The van der Waals surface area contributed by atoms with Gasteiger partial charge in [0.1, 0.15) is 11.4 Å². The standard InChI is InChI=1S/C21H25N3O4/c1-21(28)7-10-24(13-21)20(27)18-12-16(19(26)23-8-3-2-4-9-23)15-11-14(25)5-6-17(15)22-18/h5-6,11-12,25,28H,2-4,7-10,13H2,1H3/t21-/m1/s1. The molecule has 28 heavy (non-hydrogen) atoms. The van der Waals surface area contributed by atoms with Gasteiger partial charge in [-0.3, -0.25) is 9.59 Å². The molecule has 0 unspecified atom stereocenters. The molecule has 3 heterocycles. The number of piperidine rings is 1. The zero-order valence-corrected chi connectivity index (χ0v) is 16.0. The number of carbonyl (C=O) groups is 2. The molecule has 0 radical (unpaired) electrons. The van der Waals surface area contributed by atoms with Crippen molar-refractivity contribution in [3.8, 4) is 5.75 Å². The fourth-order valence-corrected chi connectivity index (χ4v) is 4.05. The highest BCUT2D eigenvalue weighted by atomic mass is 16.3. The van der Waals surface area contributed by atoms with E-state index in [0.29, 0.717) is 42.5 Å². The van der Waals surface area contributed by atoms with E-state index in [9.17, 15) is 19.8 Å². The minimum atomic E-state index is -0.898. The van der Waals surface area contributed by atoms with E-state index in [0.717, 1.165) is 19.3 Å². The molecule has 2 aromatic rings. The van der Waals surface area contributed by atoms with Crippen LogP contribution in [0.1, 0.15) is 53.5 Å². The van der Waals surface area contributed by atoms with Crippen molar-refractivity contribution >= 4 is 22.7 Å². The van der Waals surface area contributed by atoms with Crippen molar-refractivity contribution in [3.05, 3.63) is 35.5 Å². The molecule has 0 saturated carbocycles. The van der Waals surface area contributed by atoms with Gasteiger partial charge in [-0.25, -0.2) is 4.98 Å². The van der Waals surface area contributed by atoms with Crippen molar-refractivity contribution < 1.29 is 19.8 Å². The van der Waals surface area contributed by atoms with Crippen molar-refractivity contribution in [2.24, 2.45) is 0 Å². The molecule has 2 aliphatic rings. The number of carbonyl (C=O) groups excluding carboxylic acids is 2. The van der Waals surface area contributed by atoms with E-state index in [1.165, 1.54) is 18.2 Å². The second-order valence-electron chi connectivity index (χ2n) is 8.08. The number of amides is 2. The van der Waals surface area contributed by atoms with Crippen LogP contribution in [0.5, 0.6) is 5.75 Å². The first-order chi connectivity index (χ1) is 13.3. The summed E-state index contributed by atoms with van der Waals surface area (Å²) in [6.07, 6.45) is 3.56. The van der Waals surface area contributed by atoms with Crippen molar-refractivity contribution in [1.82, 2.24) is 14.8 Å². The third-order valence-corrected chi connectivity index (χ3v) is 5.62. The summed E-state index contributed by atoms with van der Waals surface area (Å²) in [4.78, 5) is 34.0. The van der Waals surface area contributed by atoms with Gasteiger partial charge < -0.3 is 20.0 Å². The number of likely N-dealkylation sites (tertiary alicyclic amines) is 2. The molecular weight excluding hydrogens is 358 g/mol. The summed E-state index contributed by atoms with van der Waals surface area (Å²) in [5, 5.41) is 20.6. The van der Waals surface area contributed by atoms with Crippen LogP contribution in [0.2, 0.25) is 0 Å². The molecule has 1 aromatic carbocycles. The summed E-state index contributed by atoms with van der Waals surface area (Å²) in [6.45, 7) is 3.80. The Hall–Kier alpha value is -2.67. The normalized spacial score (nSPS) is 22.6. The molecule has 1 aromatic heterocycles. The molecule has 2 amide bonds. The van der Waals surface area contributed by atoms with Gasteiger partial charge in [0.25, 0.3) is 11.8 Å². The molecule has 2 aliphatic heterocycles. The molecule has 0 bridgehead atoms. The minimum absolute atomic E-state index is 0.0525. The van der Waals surface area contributed by atoms with Crippen LogP contribution < -0.4 is 0 Å². The van der Waals surface area contributed by atoms with E-state index < -0.39 is 5.60 Å². The van der Waals surface area contributed by atoms with Crippen molar-refractivity contribution in [1.29, 1.82) is 0 Å². The summed E-state index contributed by atoms with van der Waals surface area (Å²) in [6, 6.07) is 6.18. The van der Waals surface area contributed by atoms with E-state index in [1.54, 1.807) is 22.8 Å². The van der Waals surface area contributed by atoms with Crippen LogP contribution >= 0.6 is 0 Å². The Morgan fingerprint density at radius 3 is 2.46 bits per heavy atom. The number of aliphatic hydroxyl groups is 1. The largest absolute Gasteiger partial charge is 0.508 e. The second-order valence-corrected chi connectivity index (χ2v) is 8.08. The highest BCUT2D eigenvalue weighted by Gasteiger charge is 2.35. The lowest BCUT2D eigenvalue weighted by Gasteiger charge is -2.27. The van der Waals surface area contributed by atoms with Gasteiger partial charge in [-0.1, -0.05) is 0 Å². The number of nitrogens with zero attached hydrogens (tertiary/aromatic N) is 3. The molecule has 2 fully saturated rings. The van der Waals surface area contributed by atoms with Gasteiger partial charge in [0.2, 0.25) is 0 Å². The van der Waals surface area contributed by atoms with Crippen LogP contribution in [0.15, 0.2) is 24.3 Å². The number of pyridine rings is 1. The summed E-state index contributed by atoms with van der Waals surface area (Å²) >= 11 is 0. The number of hydrogen-bond donors (Lipinski definition) is 2. The first-order valence-electron chi connectivity index (χ1n) is 9.79. The topological polar surface area (TPSA) is 94.0 Å². The maximum absolute atomic E-state index is 13.2. The zero-order valence-electron chi connectivity index (χ0n) is 16.0. The van der Waals surface area contributed by atoms with Crippen LogP contribution in [-0.2, 0) is 0 Å². The molecule has 2 N–H and O–H groups in total. The van der Waals surface area contributed by atoms with Gasteiger partial charge in [0.05, 0.1) is 16.7 Å². The lowest BCUT2D eigenvalue weighted by molar-refractivity contribution is 0.0569. The number of hydrogen-bond acceptors (Lipinski definition) is 5. The second kappa shape index (κ2) is 7.05. The fourth-order valence-electron chi connectivity index (χ4n) is 4.05. The molecule has 7 nitrogen and oxygen atoms in total. The highest BCUT2D eigenvalue weighted by Crippen LogP contribution is 2.27. The maximum atomic E-state index is 13.2. The number of aromatic hydroxyl groups is 1. The lowest BCUT2D eigenvalue weighted by atomic mass is 10.0. The first-order valence-corrected chi connectivity index (χ1v) is 9.79. The predicted octanol–water partition coefficient (Wildman–Crippen LogP) is 2.16. The highest BCUT2D eigenvalue weighted by molar-refractivity contribution is 6.09. The SMILES string of the molecule is C[C@@]1(O)CCN(C(=O)c2cc(C(=O)N3CCCCC3)c3cc(O)ccc3n2)C1. The van der Waals surface area contributed by atoms with E-state index in [2.05, 4.69) is 4.98 Å². The smallest absolute Gasteiger partial charge is 0.272 e. The van der Waals surface area contributed by atoms with Crippen molar-refractivity contribution in [3.63, 3.8) is 0 Å². The van der Waals surface area contributed by atoms with Crippen molar-refractivity contribution in [2.45, 2.75) is 38.2 Å². The number of phenolic OH excluding ortho intramolecular Hbond substituents is 1. The number of fused-ring (bicyclic) bond motifs is 1. The Morgan fingerprint density at radius 2 is 1.79 bits per heavy atom. The lowest BCUT2D eigenvalue weighted by Crippen LogP contribution is -2.36. The summed E-state index contributed by atoms with van der Waals surface area (Å²) in [7, 11) is 0. The van der Waals surface area contributed by atoms with Gasteiger partial charge in [0.15, 0.2) is 0 Å². The van der Waals surface area contributed by atoms with Gasteiger partial charge >= 0.3 is 0 Å². The Labute approximate surface area is 163 Å². The molecule has 7 heteroatoms. The van der Waals surface area contributed by atoms with E-state index in [1.807, 2.05) is 0 Å². The third-order valence-electron chi connectivity index (χ3n) is 5.62. The average Bonchev–Trinajstić information content (AvgIpc) is 3.06. The van der Waals surface area contributed by atoms with Crippen LogP contribution in [-0.4, -0.2) is 68.6 Å². The quantitative estimate of drug-likeness (QED) is 0.829. The van der Waals surface area contributed by atoms with Crippen LogP contribution in [0.25, 0.3) is 10.9 Å². The Morgan fingerprint density at radius 1 is 1.04 bits per heavy atom. The third kappa shape index (κ3) is 3.54. The number of β-amino-alcohol motifs (C(OH)–C–C–N with tert-alkyl or cyclic N) is 1. The molecule has 2 saturated heterocycles. The molecule has 4 rings (SSSR count). The first kappa shape index (κ1) is 18.7. The molecule has 148 valence electrons. The predicted molar refractivity (Wildman–Crippen MR) is 104 cm³/mol. The minimum Gasteiger partial charge on any atom is -0.508 e. The van der Waals surface area contributed by atoms with Crippen LogP contribution in [0, 0.1) is 0 Å². The molecule has 1 atom stereocenters. The van der Waals surface area contributed by atoms with Gasteiger partial charge in [-0.2, -0.15) is 0 Å². The number of phenols is 1. The van der Waals surface area contributed by atoms with Gasteiger partial charge in [-0.15, -0.1) is 0 Å². The fraction of sp³-hybridized carbons (Fsp3) is 0.476. The number of rotatable bonds is 2. The molecule has 0 aliphatic carbocycles. The Balaban J connectivity index is 1.75. The molecular formula is C21H25N3O4.